The molecule has 2 fully saturated rings. The van der Waals surface area contributed by atoms with Gasteiger partial charge in [0, 0.05) is 71.7 Å². The summed E-state index contributed by atoms with van der Waals surface area (Å²) >= 11 is 0. The SMILES string of the molecule is CN=C(NCCC(=O)N1CCN(c2ncccn2)CC1)NCC1(C)CCCO1. The van der Waals surface area contributed by atoms with Gasteiger partial charge in [-0.15, -0.1) is 0 Å². The Kier molecular flexibility index (Phi) is 7.02. The molecular formula is C19H31N7O2. The van der Waals surface area contributed by atoms with E-state index in [1.54, 1.807) is 25.5 Å². The highest BCUT2D eigenvalue weighted by atomic mass is 16.5. The Bertz CT molecular complexity index is 654. The Balaban J connectivity index is 1.35. The molecule has 1 aromatic rings. The average Bonchev–Trinajstić information content (AvgIpc) is 3.18. The molecular weight excluding hydrogens is 358 g/mol. The molecule has 0 saturated carbocycles. The Labute approximate surface area is 166 Å². The number of guanidine groups is 1. The van der Waals surface area contributed by atoms with Gasteiger partial charge in [-0.3, -0.25) is 9.79 Å². The number of carbonyl (C=O) groups is 1. The van der Waals surface area contributed by atoms with Crippen molar-refractivity contribution in [1.82, 2.24) is 25.5 Å². The summed E-state index contributed by atoms with van der Waals surface area (Å²) in [7, 11) is 1.74. The zero-order chi connectivity index (χ0) is 19.8. The Morgan fingerprint density at radius 2 is 2.00 bits per heavy atom. The summed E-state index contributed by atoms with van der Waals surface area (Å²) in [5.74, 6) is 1.59. The van der Waals surface area contributed by atoms with Crippen molar-refractivity contribution >= 4 is 17.8 Å². The highest BCUT2D eigenvalue weighted by Crippen LogP contribution is 2.23. The fourth-order valence-corrected chi connectivity index (χ4v) is 3.52. The number of nitrogens with one attached hydrogen (secondary N) is 2. The van der Waals surface area contributed by atoms with E-state index < -0.39 is 0 Å². The van der Waals surface area contributed by atoms with E-state index in [1.807, 2.05) is 4.90 Å². The molecule has 2 aliphatic rings. The number of amides is 1. The monoisotopic (exact) mass is 389 g/mol. The number of aromatic nitrogens is 2. The lowest BCUT2D eigenvalue weighted by molar-refractivity contribution is -0.131. The van der Waals surface area contributed by atoms with Crippen LogP contribution in [-0.2, 0) is 9.53 Å². The molecule has 0 radical (unpaired) electrons. The number of aliphatic imine (C=N–C) groups is 1. The number of piperazine rings is 1. The van der Waals surface area contributed by atoms with Crippen LogP contribution in [0.3, 0.4) is 0 Å². The zero-order valence-corrected chi connectivity index (χ0v) is 16.9. The third kappa shape index (κ3) is 5.54. The van der Waals surface area contributed by atoms with Crippen molar-refractivity contribution in [2.75, 3.05) is 57.8 Å². The quantitative estimate of drug-likeness (QED) is 0.532. The van der Waals surface area contributed by atoms with Crippen LogP contribution < -0.4 is 15.5 Å². The molecule has 0 bridgehead atoms. The van der Waals surface area contributed by atoms with Gasteiger partial charge >= 0.3 is 0 Å². The van der Waals surface area contributed by atoms with Gasteiger partial charge in [0.05, 0.1) is 5.60 Å². The molecule has 1 unspecified atom stereocenters. The van der Waals surface area contributed by atoms with E-state index in [-0.39, 0.29) is 11.5 Å². The Hall–Kier alpha value is -2.42. The van der Waals surface area contributed by atoms with Crippen molar-refractivity contribution in [3.63, 3.8) is 0 Å². The van der Waals surface area contributed by atoms with E-state index in [0.717, 1.165) is 38.5 Å². The lowest BCUT2D eigenvalue weighted by Crippen LogP contribution is -2.50. The summed E-state index contributed by atoms with van der Waals surface area (Å²) in [5, 5.41) is 6.52. The first kappa shape index (κ1) is 20.3. The van der Waals surface area contributed by atoms with Crippen LogP contribution in [0.15, 0.2) is 23.5 Å². The van der Waals surface area contributed by atoms with Gasteiger partial charge < -0.3 is 25.2 Å². The molecule has 3 heterocycles. The molecule has 0 spiro atoms. The molecule has 3 rings (SSSR count). The van der Waals surface area contributed by atoms with Crippen molar-refractivity contribution < 1.29 is 9.53 Å². The number of hydrogen-bond donors (Lipinski definition) is 2. The number of ether oxygens (including phenoxy) is 1. The molecule has 154 valence electrons. The molecule has 0 aromatic carbocycles. The first-order valence-electron chi connectivity index (χ1n) is 9.98. The first-order chi connectivity index (χ1) is 13.6. The van der Waals surface area contributed by atoms with Gasteiger partial charge in [-0.05, 0) is 25.8 Å². The number of hydrogen-bond acceptors (Lipinski definition) is 6. The van der Waals surface area contributed by atoms with Crippen LogP contribution in [0.1, 0.15) is 26.2 Å². The minimum Gasteiger partial charge on any atom is -0.373 e. The molecule has 1 amide bonds. The molecule has 1 aromatic heterocycles. The lowest BCUT2D eigenvalue weighted by Gasteiger charge is -2.34. The third-order valence-electron chi connectivity index (χ3n) is 5.25. The maximum absolute atomic E-state index is 12.5. The molecule has 9 heteroatoms. The van der Waals surface area contributed by atoms with Crippen LogP contribution in [-0.4, -0.2) is 85.3 Å². The molecule has 2 N–H and O–H groups in total. The van der Waals surface area contributed by atoms with E-state index >= 15 is 0 Å². The van der Waals surface area contributed by atoms with Crippen LogP contribution in [0, 0.1) is 0 Å². The summed E-state index contributed by atoms with van der Waals surface area (Å²) < 4.78 is 5.78. The number of rotatable bonds is 6. The van der Waals surface area contributed by atoms with E-state index in [4.69, 9.17) is 4.74 Å². The standard InChI is InChI=1S/C19H31N7O2/c1-19(6-3-14-28-19)15-24-17(20-2)21-9-5-16(27)25-10-12-26(13-11-25)18-22-7-4-8-23-18/h4,7-8H,3,5-6,9-15H2,1-2H3,(H2,20,21,24). The number of nitrogens with zero attached hydrogens (tertiary/aromatic N) is 5. The predicted octanol–water partition coefficient (Wildman–Crippen LogP) is 0.249. The maximum atomic E-state index is 12.5. The van der Waals surface area contributed by atoms with E-state index in [0.29, 0.717) is 38.6 Å². The van der Waals surface area contributed by atoms with Gasteiger partial charge in [-0.1, -0.05) is 0 Å². The largest absolute Gasteiger partial charge is 0.373 e. The Morgan fingerprint density at radius 1 is 1.25 bits per heavy atom. The molecule has 2 aliphatic heterocycles. The minimum atomic E-state index is -0.129. The second-order valence-electron chi connectivity index (χ2n) is 7.42. The molecule has 28 heavy (non-hydrogen) atoms. The lowest BCUT2D eigenvalue weighted by atomic mass is 10.0. The van der Waals surface area contributed by atoms with Crippen LogP contribution in [0.2, 0.25) is 0 Å². The summed E-state index contributed by atoms with van der Waals surface area (Å²) in [4.78, 5) is 29.3. The molecule has 9 nitrogen and oxygen atoms in total. The fourth-order valence-electron chi connectivity index (χ4n) is 3.52. The van der Waals surface area contributed by atoms with Crippen LogP contribution in [0.25, 0.3) is 0 Å². The molecule has 0 aliphatic carbocycles. The topological polar surface area (TPSA) is 95.0 Å². The average molecular weight is 390 g/mol. The van der Waals surface area contributed by atoms with Gasteiger partial charge in [0.25, 0.3) is 0 Å². The highest BCUT2D eigenvalue weighted by Gasteiger charge is 2.29. The van der Waals surface area contributed by atoms with Crippen molar-refractivity contribution in [3.05, 3.63) is 18.5 Å². The van der Waals surface area contributed by atoms with Gasteiger partial charge in [-0.25, -0.2) is 9.97 Å². The Morgan fingerprint density at radius 3 is 2.64 bits per heavy atom. The van der Waals surface area contributed by atoms with Crippen LogP contribution in [0.5, 0.6) is 0 Å². The summed E-state index contributed by atoms with van der Waals surface area (Å²) in [6.45, 7) is 7.10. The third-order valence-corrected chi connectivity index (χ3v) is 5.25. The van der Waals surface area contributed by atoms with E-state index in [2.05, 4.69) is 37.4 Å². The van der Waals surface area contributed by atoms with Crippen LogP contribution in [0.4, 0.5) is 5.95 Å². The van der Waals surface area contributed by atoms with Gasteiger partial charge in [-0.2, -0.15) is 0 Å². The normalized spacial score (nSPS) is 23.0. The summed E-state index contributed by atoms with van der Waals surface area (Å²) in [6.07, 6.45) is 6.07. The summed E-state index contributed by atoms with van der Waals surface area (Å²) in [6, 6.07) is 1.81. The second kappa shape index (κ2) is 9.68. The second-order valence-corrected chi connectivity index (χ2v) is 7.42. The van der Waals surface area contributed by atoms with Crippen molar-refractivity contribution in [3.8, 4) is 0 Å². The maximum Gasteiger partial charge on any atom is 0.225 e. The van der Waals surface area contributed by atoms with Crippen molar-refractivity contribution in [2.45, 2.75) is 31.8 Å². The molecule has 1 atom stereocenters. The van der Waals surface area contributed by atoms with Crippen molar-refractivity contribution in [2.24, 2.45) is 4.99 Å². The number of carbonyl (C=O) groups excluding carboxylic acids is 1. The predicted molar refractivity (Wildman–Crippen MR) is 108 cm³/mol. The van der Waals surface area contributed by atoms with E-state index in [9.17, 15) is 4.79 Å². The highest BCUT2D eigenvalue weighted by molar-refractivity contribution is 5.81. The summed E-state index contributed by atoms with van der Waals surface area (Å²) in [5.41, 5.74) is -0.129. The first-order valence-corrected chi connectivity index (χ1v) is 9.98. The minimum absolute atomic E-state index is 0.129. The molecule has 2 saturated heterocycles. The van der Waals surface area contributed by atoms with Crippen LogP contribution >= 0.6 is 0 Å². The zero-order valence-electron chi connectivity index (χ0n) is 16.9. The smallest absolute Gasteiger partial charge is 0.225 e. The van der Waals surface area contributed by atoms with Crippen molar-refractivity contribution in [1.29, 1.82) is 0 Å². The van der Waals surface area contributed by atoms with Gasteiger partial charge in [0.15, 0.2) is 5.96 Å². The van der Waals surface area contributed by atoms with Gasteiger partial charge in [0.2, 0.25) is 11.9 Å². The van der Waals surface area contributed by atoms with Gasteiger partial charge in [0.1, 0.15) is 0 Å². The van der Waals surface area contributed by atoms with E-state index in [1.165, 1.54) is 0 Å². The number of anilines is 1. The fraction of sp³-hybridized carbons (Fsp3) is 0.684.